The van der Waals surface area contributed by atoms with E-state index in [0.29, 0.717) is 31.4 Å². The molecule has 50 heavy (non-hydrogen) atoms. The number of rotatable bonds is 3. The van der Waals surface area contributed by atoms with Gasteiger partial charge in [0.25, 0.3) is 0 Å². The summed E-state index contributed by atoms with van der Waals surface area (Å²) in [5, 5.41) is 24.0. The SMILES string of the molecule is Cc1ncsc1-c1ccc(C2NC(=O)[C@@H]3C[C@@H](O)CN3C(=O)[C@H](C(C)(C)C)NC(=O)CCCCCNC(=O)[C@@H](CN)NC(=O)CNC2=O)cc1. The summed E-state index contributed by atoms with van der Waals surface area (Å²) in [6, 6.07) is 2.46. The molecule has 0 saturated carbocycles. The van der Waals surface area contributed by atoms with Crippen molar-refractivity contribution in [3.8, 4) is 10.4 Å². The van der Waals surface area contributed by atoms with E-state index in [4.69, 9.17) is 5.73 Å². The van der Waals surface area contributed by atoms with Crippen LogP contribution in [-0.2, 0) is 28.8 Å². The number of carbonyl (C=O) groups excluding carboxylic acids is 6. The first-order valence-electron chi connectivity index (χ1n) is 16.8. The van der Waals surface area contributed by atoms with Gasteiger partial charge in [0.1, 0.15) is 24.2 Å². The number of aliphatic hydroxyl groups excluding tert-OH is 1. The van der Waals surface area contributed by atoms with E-state index in [0.717, 1.165) is 16.1 Å². The molecule has 3 heterocycles. The van der Waals surface area contributed by atoms with E-state index in [9.17, 15) is 33.9 Å². The third-order valence-electron chi connectivity index (χ3n) is 8.77. The van der Waals surface area contributed by atoms with E-state index in [1.807, 2.05) is 6.92 Å². The molecule has 1 aromatic carbocycles. The van der Waals surface area contributed by atoms with Gasteiger partial charge in [0.05, 0.1) is 28.7 Å². The number of hydrogen-bond acceptors (Lipinski definition) is 10. The van der Waals surface area contributed by atoms with Gasteiger partial charge in [-0.05, 0) is 36.3 Å². The highest BCUT2D eigenvalue weighted by Gasteiger charge is 2.45. The molecule has 1 unspecified atom stereocenters. The predicted molar refractivity (Wildman–Crippen MR) is 186 cm³/mol. The summed E-state index contributed by atoms with van der Waals surface area (Å²) in [5.41, 5.74) is 8.83. The number of aryl methyl sites for hydroxylation is 1. The van der Waals surface area contributed by atoms with Crippen LogP contribution < -0.4 is 32.3 Å². The Morgan fingerprint density at radius 1 is 0.920 bits per heavy atom. The molecule has 8 N–H and O–H groups in total. The summed E-state index contributed by atoms with van der Waals surface area (Å²) in [6.07, 6.45) is 0.735. The molecule has 5 atom stereocenters. The number of benzene rings is 1. The molecular formula is C34H48N8O7S. The third-order valence-corrected chi connectivity index (χ3v) is 9.75. The van der Waals surface area contributed by atoms with Crippen molar-refractivity contribution in [1.82, 2.24) is 36.5 Å². The summed E-state index contributed by atoms with van der Waals surface area (Å²) in [4.78, 5) is 86.6. The number of thiazole rings is 1. The number of aliphatic hydroxyl groups is 1. The number of fused-ring (bicyclic) bond motifs is 1. The second-order valence-electron chi connectivity index (χ2n) is 13.8. The molecule has 16 heteroatoms. The molecular weight excluding hydrogens is 664 g/mol. The van der Waals surface area contributed by atoms with Crippen LogP contribution in [0.1, 0.15) is 70.2 Å². The molecule has 2 saturated heterocycles. The molecule has 2 aliphatic rings. The lowest BCUT2D eigenvalue weighted by Gasteiger charge is -2.35. The number of nitrogens with zero attached hydrogens (tertiary/aromatic N) is 2. The van der Waals surface area contributed by atoms with Gasteiger partial charge >= 0.3 is 0 Å². The molecule has 0 aliphatic carbocycles. The minimum absolute atomic E-state index is 0.0781. The van der Waals surface area contributed by atoms with Gasteiger partial charge in [-0.1, -0.05) is 51.5 Å². The van der Waals surface area contributed by atoms with Gasteiger partial charge in [0.15, 0.2) is 0 Å². The first-order valence-corrected chi connectivity index (χ1v) is 17.7. The average molecular weight is 713 g/mol. The highest BCUT2D eigenvalue weighted by molar-refractivity contribution is 7.13. The number of nitrogens with two attached hydrogens (primary N) is 1. The average Bonchev–Trinajstić information content (AvgIpc) is 3.69. The zero-order valence-corrected chi connectivity index (χ0v) is 29.7. The third kappa shape index (κ3) is 9.85. The van der Waals surface area contributed by atoms with Crippen molar-refractivity contribution >= 4 is 46.8 Å². The van der Waals surface area contributed by atoms with Crippen molar-refractivity contribution in [1.29, 1.82) is 0 Å². The van der Waals surface area contributed by atoms with E-state index >= 15 is 0 Å². The molecule has 0 radical (unpaired) electrons. The topological polar surface area (TPSA) is 225 Å². The fourth-order valence-corrected chi connectivity index (χ4v) is 6.78. The Hall–Kier alpha value is -4.41. The van der Waals surface area contributed by atoms with Gasteiger partial charge in [-0.3, -0.25) is 28.8 Å². The quantitative estimate of drug-likeness (QED) is 0.227. The Labute approximate surface area is 295 Å². The molecule has 1 aromatic heterocycles. The Balaban J connectivity index is 1.65. The van der Waals surface area contributed by atoms with Crippen LogP contribution in [0.25, 0.3) is 10.4 Å². The maximum atomic E-state index is 14.0. The zero-order chi connectivity index (χ0) is 36.6. The summed E-state index contributed by atoms with van der Waals surface area (Å²) in [5.74, 6) is -3.43. The van der Waals surface area contributed by atoms with Gasteiger partial charge in [-0.15, -0.1) is 11.3 Å². The minimum Gasteiger partial charge on any atom is -0.391 e. The molecule has 0 spiro atoms. The monoisotopic (exact) mass is 712 g/mol. The highest BCUT2D eigenvalue weighted by atomic mass is 32.1. The summed E-state index contributed by atoms with van der Waals surface area (Å²) in [7, 11) is 0. The smallest absolute Gasteiger partial charge is 0.247 e. The van der Waals surface area contributed by atoms with Crippen LogP contribution in [-0.4, -0.2) is 101 Å². The minimum atomic E-state index is -1.30. The van der Waals surface area contributed by atoms with E-state index in [1.54, 1.807) is 50.5 Å². The van der Waals surface area contributed by atoms with Crippen molar-refractivity contribution in [3.63, 3.8) is 0 Å². The fourth-order valence-electron chi connectivity index (χ4n) is 5.97. The first kappa shape index (κ1) is 38.4. The molecule has 4 rings (SSSR count). The van der Waals surface area contributed by atoms with Gasteiger partial charge < -0.3 is 42.3 Å². The number of carbonyl (C=O) groups is 6. The molecule has 15 nitrogen and oxygen atoms in total. The lowest BCUT2D eigenvalue weighted by atomic mass is 9.85. The maximum absolute atomic E-state index is 14.0. The van der Waals surface area contributed by atoms with Crippen LogP contribution in [0.4, 0.5) is 0 Å². The predicted octanol–water partition coefficient (Wildman–Crippen LogP) is 0.0184. The Morgan fingerprint density at radius 2 is 1.64 bits per heavy atom. The van der Waals surface area contributed by atoms with Gasteiger partial charge in [-0.25, -0.2) is 4.98 Å². The van der Waals surface area contributed by atoms with Crippen LogP contribution in [0.15, 0.2) is 29.8 Å². The largest absolute Gasteiger partial charge is 0.391 e. The van der Waals surface area contributed by atoms with Crippen molar-refractivity contribution in [2.75, 3.05) is 26.2 Å². The van der Waals surface area contributed by atoms with E-state index in [2.05, 4.69) is 31.6 Å². The maximum Gasteiger partial charge on any atom is 0.247 e. The van der Waals surface area contributed by atoms with Crippen LogP contribution in [0.3, 0.4) is 0 Å². The zero-order valence-electron chi connectivity index (χ0n) is 28.9. The second-order valence-corrected chi connectivity index (χ2v) is 14.6. The summed E-state index contributed by atoms with van der Waals surface area (Å²) < 4.78 is 0. The Bertz CT molecular complexity index is 1560. The summed E-state index contributed by atoms with van der Waals surface area (Å²) >= 11 is 1.46. The lowest BCUT2D eigenvalue weighted by molar-refractivity contribution is -0.144. The lowest BCUT2D eigenvalue weighted by Crippen LogP contribution is -2.58. The van der Waals surface area contributed by atoms with E-state index < -0.39 is 71.8 Å². The molecule has 2 aliphatic heterocycles. The number of amides is 6. The standard InChI is InChI=1S/C34H48N8O7S/c1-19-28(50-18-38-19)21-11-9-20(10-12-21)27-32(48)37-16-26(45)39-23(15-35)30(46)36-13-7-5-6-8-25(44)40-29(34(2,3)4)33(49)42-17-22(43)14-24(42)31(47)41-27/h9-12,18,22-24,27,29,43H,5-8,13-17,35H2,1-4H3,(H,36,46)(H,37,48)(H,39,45)(H,40,44)(H,41,47)/t22-,23-,24+,27?,29-/m1/s1. The number of hydrogen-bond donors (Lipinski definition) is 7. The number of aromatic nitrogens is 1. The molecule has 272 valence electrons. The molecule has 0 bridgehead atoms. The van der Waals surface area contributed by atoms with Crippen LogP contribution >= 0.6 is 11.3 Å². The van der Waals surface area contributed by atoms with Gasteiger partial charge in [0.2, 0.25) is 35.4 Å². The molecule has 2 aromatic rings. The van der Waals surface area contributed by atoms with Crippen molar-refractivity contribution in [2.45, 2.75) is 90.1 Å². The summed E-state index contributed by atoms with van der Waals surface area (Å²) in [6.45, 7) is 6.77. The van der Waals surface area contributed by atoms with Crippen molar-refractivity contribution in [3.05, 3.63) is 41.0 Å². The second kappa shape index (κ2) is 17.0. The fraction of sp³-hybridized carbons (Fsp3) is 0.559. The van der Waals surface area contributed by atoms with Gasteiger partial charge in [0, 0.05) is 32.5 Å². The molecule has 2 fully saturated rings. The molecule has 6 amide bonds. The van der Waals surface area contributed by atoms with Gasteiger partial charge in [-0.2, -0.15) is 0 Å². The van der Waals surface area contributed by atoms with Crippen molar-refractivity contribution < 1.29 is 33.9 Å². The van der Waals surface area contributed by atoms with Crippen LogP contribution in [0.5, 0.6) is 0 Å². The van der Waals surface area contributed by atoms with Crippen LogP contribution in [0.2, 0.25) is 0 Å². The number of nitrogens with one attached hydrogen (secondary N) is 5. The Morgan fingerprint density at radius 3 is 2.28 bits per heavy atom. The van der Waals surface area contributed by atoms with E-state index in [-0.39, 0.29) is 31.8 Å². The highest BCUT2D eigenvalue weighted by Crippen LogP contribution is 2.30. The Kier molecular flexibility index (Phi) is 13.1. The van der Waals surface area contributed by atoms with Crippen molar-refractivity contribution in [2.24, 2.45) is 11.1 Å². The van der Waals surface area contributed by atoms with E-state index in [1.165, 1.54) is 16.2 Å². The van der Waals surface area contributed by atoms with Crippen LogP contribution in [0, 0.1) is 12.3 Å². The normalized spacial score (nSPS) is 25.6. The first-order chi connectivity index (χ1) is 23.7.